The summed E-state index contributed by atoms with van der Waals surface area (Å²) in [6, 6.07) is 0.741. The Bertz CT molecular complexity index is 335. The maximum atomic E-state index is 11.8. The minimum atomic E-state index is -0.0883. The number of piperidine rings is 1. The Morgan fingerprint density at radius 2 is 1.73 bits per heavy atom. The summed E-state index contributed by atoms with van der Waals surface area (Å²) in [7, 11) is 6.17. The number of nitrogens with zero attached hydrogens (tertiary/aromatic N) is 4. The third kappa shape index (κ3) is 5.83. The quantitative estimate of drug-likeness (QED) is 0.633. The number of hydrogen-bond acceptors (Lipinski definition) is 6. The lowest BCUT2D eigenvalue weighted by molar-refractivity contribution is -0.145. The number of esters is 1. The second-order valence-corrected chi connectivity index (χ2v) is 6.87. The van der Waals surface area contributed by atoms with Gasteiger partial charge in [-0.05, 0) is 47.1 Å². The monoisotopic (exact) mass is 312 g/mol. The van der Waals surface area contributed by atoms with Gasteiger partial charge < -0.3 is 14.5 Å². The van der Waals surface area contributed by atoms with E-state index in [0.29, 0.717) is 13.2 Å². The molecule has 0 aromatic carbocycles. The molecule has 0 saturated carbocycles. The summed E-state index contributed by atoms with van der Waals surface area (Å²) in [4.78, 5) is 21.1. The Labute approximate surface area is 135 Å². The molecule has 2 aliphatic rings. The van der Waals surface area contributed by atoms with Crippen LogP contribution in [0.2, 0.25) is 0 Å². The van der Waals surface area contributed by atoms with Gasteiger partial charge in [-0.15, -0.1) is 0 Å². The number of rotatable bonds is 6. The van der Waals surface area contributed by atoms with Gasteiger partial charge in [0, 0.05) is 38.8 Å². The fraction of sp³-hybridized carbons (Fsp3) is 0.938. The maximum Gasteiger partial charge on any atom is 0.320 e. The number of carbonyl (C=O) groups excluding carboxylic acids is 1. The van der Waals surface area contributed by atoms with Gasteiger partial charge in [0.25, 0.3) is 0 Å². The molecule has 0 amide bonds. The van der Waals surface area contributed by atoms with Crippen LogP contribution >= 0.6 is 0 Å². The van der Waals surface area contributed by atoms with Crippen molar-refractivity contribution in [1.82, 2.24) is 19.6 Å². The van der Waals surface area contributed by atoms with Gasteiger partial charge >= 0.3 is 5.97 Å². The van der Waals surface area contributed by atoms with E-state index in [9.17, 15) is 4.79 Å². The van der Waals surface area contributed by atoms with E-state index in [1.807, 2.05) is 19.0 Å². The van der Waals surface area contributed by atoms with E-state index in [1.54, 1.807) is 0 Å². The highest BCUT2D eigenvalue weighted by atomic mass is 16.5. The van der Waals surface area contributed by atoms with Crippen LogP contribution in [0.3, 0.4) is 0 Å². The Morgan fingerprint density at radius 3 is 2.32 bits per heavy atom. The molecule has 0 atom stereocenters. The van der Waals surface area contributed by atoms with Gasteiger partial charge in [0.2, 0.25) is 0 Å². The first-order chi connectivity index (χ1) is 10.5. The second-order valence-electron chi connectivity index (χ2n) is 6.87. The van der Waals surface area contributed by atoms with E-state index in [1.165, 1.54) is 25.9 Å². The maximum absolute atomic E-state index is 11.8. The molecule has 22 heavy (non-hydrogen) atoms. The molecule has 0 aromatic heterocycles. The summed E-state index contributed by atoms with van der Waals surface area (Å²) in [5.74, 6) is -0.0883. The Kier molecular flexibility index (Phi) is 7.08. The van der Waals surface area contributed by atoms with Crippen molar-refractivity contribution in [2.24, 2.45) is 0 Å². The number of likely N-dealkylation sites (tertiary alicyclic amines) is 1. The molecule has 0 aliphatic carbocycles. The number of piperazine rings is 1. The minimum Gasteiger partial charge on any atom is -0.463 e. The van der Waals surface area contributed by atoms with Gasteiger partial charge in [-0.3, -0.25) is 14.6 Å². The summed E-state index contributed by atoms with van der Waals surface area (Å²) < 4.78 is 5.27. The van der Waals surface area contributed by atoms with Crippen molar-refractivity contribution in [3.05, 3.63) is 0 Å². The van der Waals surface area contributed by atoms with Crippen LogP contribution in [0, 0.1) is 0 Å². The van der Waals surface area contributed by atoms with Crippen LogP contribution in [0.15, 0.2) is 0 Å². The van der Waals surface area contributed by atoms with Crippen LogP contribution in [0.4, 0.5) is 0 Å². The predicted molar refractivity (Wildman–Crippen MR) is 88.0 cm³/mol. The van der Waals surface area contributed by atoms with Crippen LogP contribution in [-0.2, 0) is 9.53 Å². The lowest BCUT2D eigenvalue weighted by Crippen LogP contribution is -2.53. The lowest BCUT2D eigenvalue weighted by Gasteiger charge is -2.42. The van der Waals surface area contributed by atoms with Gasteiger partial charge in [0.05, 0.1) is 6.54 Å². The second kappa shape index (κ2) is 8.82. The van der Waals surface area contributed by atoms with Gasteiger partial charge in [0.15, 0.2) is 0 Å². The molecule has 0 radical (unpaired) electrons. The molecule has 6 heteroatoms. The zero-order valence-electron chi connectivity index (χ0n) is 14.5. The van der Waals surface area contributed by atoms with Crippen LogP contribution in [-0.4, -0.2) is 112 Å². The number of ether oxygens (including phenoxy) is 1. The van der Waals surface area contributed by atoms with E-state index in [4.69, 9.17) is 4.74 Å². The molecule has 0 bridgehead atoms. The van der Waals surface area contributed by atoms with Crippen LogP contribution in [0.1, 0.15) is 12.8 Å². The van der Waals surface area contributed by atoms with Crippen LogP contribution in [0.25, 0.3) is 0 Å². The summed E-state index contributed by atoms with van der Waals surface area (Å²) in [6.45, 7) is 8.26. The third-order valence-corrected chi connectivity index (χ3v) is 4.77. The van der Waals surface area contributed by atoms with E-state index in [2.05, 4.69) is 21.7 Å². The average molecular weight is 312 g/mol. The zero-order chi connectivity index (χ0) is 15.9. The molecule has 128 valence electrons. The number of hydrogen-bond donors (Lipinski definition) is 0. The van der Waals surface area contributed by atoms with E-state index in [-0.39, 0.29) is 5.97 Å². The molecule has 2 aliphatic heterocycles. The van der Waals surface area contributed by atoms with Crippen molar-refractivity contribution >= 4 is 5.97 Å². The number of likely N-dealkylation sites (N-methyl/N-ethyl adjacent to an activating group) is 1. The standard InChI is InChI=1S/C16H32N4O2/c1-17(2)12-13-22-16(21)14-19-8-10-20(11-9-19)15-4-6-18(3)7-5-15/h15H,4-14H2,1-3H3. The highest BCUT2D eigenvalue weighted by Gasteiger charge is 2.27. The molecule has 0 aromatic rings. The lowest BCUT2D eigenvalue weighted by atomic mass is 10.0. The van der Waals surface area contributed by atoms with Crippen molar-refractivity contribution < 1.29 is 9.53 Å². The Balaban J connectivity index is 1.61. The van der Waals surface area contributed by atoms with Crippen molar-refractivity contribution in [2.75, 3.05) is 80.1 Å². The van der Waals surface area contributed by atoms with Crippen molar-refractivity contribution in [1.29, 1.82) is 0 Å². The van der Waals surface area contributed by atoms with Crippen molar-refractivity contribution in [2.45, 2.75) is 18.9 Å². The summed E-state index contributed by atoms with van der Waals surface area (Å²) in [5, 5.41) is 0. The summed E-state index contributed by atoms with van der Waals surface area (Å²) in [5.41, 5.74) is 0. The molecule has 2 fully saturated rings. The fourth-order valence-electron chi connectivity index (χ4n) is 3.22. The topological polar surface area (TPSA) is 39.3 Å². The predicted octanol–water partition coefficient (Wildman–Crippen LogP) is -0.197. The average Bonchev–Trinajstić information content (AvgIpc) is 2.48. The number of carbonyl (C=O) groups is 1. The van der Waals surface area contributed by atoms with Crippen molar-refractivity contribution in [3.63, 3.8) is 0 Å². The SMILES string of the molecule is CN(C)CCOC(=O)CN1CCN(C2CCN(C)CC2)CC1. The van der Waals surface area contributed by atoms with E-state index < -0.39 is 0 Å². The molecule has 6 nitrogen and oxygen atoms in total. The molecule has 0 spiro atoms. The fourth-order valence-corrected chi connectivity index (χ4v) is 3.22. The van der Waals surface area contributed by atoms with Crippen LogP contribution < -0.4 is 0 Å². The first-order valence-electron chi connectivity index (χ1n) is 8.50. The summed E-state index contributed by atoms with van der Waals surface area (Å²) in [6.07, 6.45) is 2.56. The Hall–Kier alpha value is -0.690. The molecular weight excluding hydrogens is 280 g/mol. The molecule has 0 unspecified atom stereocenters. The third-order valence-electron chi connectivity index (χ3n) is 4.77. The largest absolute Gasteiger partial charge is 0.463 e. The highest BCUT2D eigenvalue weighted by Crippen LogP contribution is 2.17. The molecule has 0 N–H and O–H groups in total. The zero-order valence-corrected chi connectivity index (χ0v) is 14.5. The summed E-state index contributed by atoms with van der Waals surface area (Å²) >= 11 is 0. The van der Waals surface area contributed by atoms with Crippen molar-refractivity contribution in [3.8, 4) is 0 Å². The molecular formula is C16H32N4O2. The van der Waals surface area contributed by atoms with Gasteiger partial charge in [-0.2, -0.15) is 0 Å². The molecule has 2 heterocycles. The van der Waals surface area contributed by atoms with Gasteiger partial charge in [-0.1, -0.05) is 0 Å². The van der Waals surface area contributed by atoms with Gasteiger partial charge in [-0.25, -0.2) is 0 Å². The van der Waals surface area contributed by atoms with E-state index >= 15 is 0 Å². The first-order valence-corrected chi connectivity index (χ1v) is 8.50. The highest BCUT2D eigenvalue weighted by molar-refractivity contribution is 5.71. The van der Waals surface area contributed by atoms with Gasteiger partial charge in [0.1, 0.15) is 6.61 Å². The van der Waals surface area contributed by atoms with Crippen LogP contribution in [0.5, 0.6) is 0 Å². The first kappa shape index (κ1) is 17.7. The molecule has 2 saturated heterocycles. The normalized spacial score (nSPS) is 23.1. The molecule has 2 rings (SSSR count). The Morgan fingerprint density at radius 1 is 1.09 bits per heavy atom. The smallest absolute Gasteiger partial charge is 0.320 e. The van der Waals surface area contributed by atoms with E-state index in [0.717, 1.165) is 38.8 Å². The minimum absolute atomic E-state index is 0.0883.